The average Bonchev–Trinajstić information content (AvgIpc) is 3.04. The first kappa shape index (κ1) is 17.5. The molecule has 0 unspecified atom stereocenters. The third-order valence-electron chi connectivity index (χ3n) is 4.83. The number of halogens is 1. The van der Waals surface area contributed by atoms with Crippen molar-refractivity contribution in [2.75, 3.05) is 32.8 Å². The van der Waals surface area contributed by atoms with Crippen LogP contribution in [0, 0.1) is 0 Å². The van der Waals surface area contributed by atoms with Gasteiger partial charge in [0, 0.05) is 18.5 Å². The Morgan fingerprint density at radius 3 is 2.41 bits per heavy atom. The number of aliphatic imine (C=N–C) groups is 1. The second kappa shape index (κ2) is 8.15. The zero-order valence-electron chi connectivity index (χ0n) is 13.0. The van der Waals surface area contributed by atoms with Crippen LogP contribution in [0.25, 0.3) is 0 Å². The minimum Gasteiger partial charge on any atom is -0.378 e. The van der Waals surface area contributed by atoms with E-state index < -0.39 is 0 Å². The molecule has 1 aliphatic heterocycles. The van der Waals surface area contributed by atoms with E-state index in [0.29, 0.717) is 5.96 Å². The van der Waals surface area contributed by atoms with Crippen LogP contribution in [0.3, 0.4) is 0 Å². The highest BCUT2D eigenvalue weighted by Gasteiger charge is 2.35. The maximum atomic E-state index is 6.18. The molecule has 1 saturated heterocycles. The van der Waals surface area contributed by atoms with Crippen molar-refractivity contribution >= 4 is 29.9 Å². The van der Waals surface area contributed by atoms with Crippen LogP contribution in [-0.4, -0.2) is 43.7 Å². The molecule has 2 N–H and O–H groups in total. The van der Waals surface area contributed by atoms with Crippen molar-refractivity contribution in [2.24, 2.45) is 10.7 Å². The average molecular weight is 415 g/mol. The topological polar surface area (TPSA) is 50.8 Å². The summed E-state index contributed by atoms with van der Waals surface area (Å²) in [6.45, 7) is 4.02. The summed E-state index contributed by atoms with van der Waals surface area (Å²) in [6, 6.07) is 10.8. The number of ether oxygens (including phenoxy) is 1. The Balaban J connectivity index is 0.00000176. The summed E-state index contributed by atoms with van der Waals surface area (Å²) in [4.78, 5) is 6.88. The number of morpholine rings is 1. The van der Waals surface area contributed by atoms with Gasteiger partial charge in [0.1, 0.15) is 0 Å². The summed E-state index contributed by atoms with van der Waals surface area (Å²) in [6.07, 6.45) is 5.03. The largest absolute Gasteiger partial charge is 0.378 e. The number of nitrogens with two attached hydrogens (primary N) is 1. The maximum Gasteiger partial charge on any atom is 0.191 e. The fraction of sp³-hybridized carbons (Fsp3) is 0.588. The van der Waals surface area contributed by atoms with Gasteiger partial charge in [-0.15, -0.1) is 24.0 Å². The van der Waals surface area contributed by atoms with Crippen LogP contribution in [0.2, 0.25) is 0 Å². The molecule has 1 aromatic carbocycles. The van der Waals surface area contributed by atoms with Crippen LogP contribution in [0.15, 0.2) is 35.3 Å². The molecule has 2 aliphatic rings. The highest BCUT2D eigenvalue weighted by atomic mass is 127. The molecular formula is C17H26IN3O. The van der Waals surface area contributed by atoms with Crippen molar-refractivity contribution in [3.63, 3.8) is 0 Å². The molecule has 122 valence electrons. The summed E-state index contributed by atoms with van der Waals surface area (Å²) >= 11 is 0. The van der Waals surface area contributed by atoms with E-state index in [4.69, 9.17) is 15.5 Å². The number of benzene rings is 1. The monoisotopic (exact) mass is 415 g/mol. The number of hydrogen-bond acceptors (Lipinski definition) is 2. The van der Waals surface area contributed by atoms with Crippen LogP contribution in [0.1, 0.15) is 31.2 Å². The van der Waals surface area contributed by atoms with E-state index in [0.717, 1.165) is 32.8 Å². The van der Waals surface area contributed by atoms with Crippen LogP contribution >= 0.6 is 24.0 Å². The van der Waals surface area contributed by atoms with Crippen LogP contribution in [-0.2, 0) is 10.2 Å². The lowest BCUT2D eigenvalue weighted by Crippen LogP contribution is -2.45. The van der Waals surface area contributed by atoms with Crippen molar-refractivity contribution in [1.82, 2.24) is 4.90 Å². The molecule has 0 spiro atoms. The van der Waals surface area contributed by atoms with E-state index in [2.05, 4.69) is 35.2 Å². The lowest BCUT2D eigenvalue weighted by Gasteiger charge is -2.31. The van der Waals surface area contributed by atoms with Crippen LogP contribution in [0.4, 0.5) is 0 Å². The van der Waals surface area contributed by atoms with E-state index in [1.54, 1.807) is 0 Å². The smallest absolute Gasteiger partial charge is 0.191 e. The molecule has 22 heavy (non-hydrogen) atoms. The van der Waals surface area contributed by atoms with Crippen molar-refractivity contribution < 1.29 is 4.74 Å². The fourth-order valence-corrected chi connectivity index (χ4v) is 3.51. The van der Waals surface area contributed by atoms with Gasteiger partial charge in [0.05, 0.1) is 19.8 Å². The van der Waals surface area contributed by atoms with E-state index >= 15 is 0 Å². The molecule has 2 fully saturated rings. The predicted octanol–water partition coefficient (Wildman–Crippen LogP) is 2.76. The van der Waals surface area contributed by atoms with E-state index in [-0.39, 0.29) is 29.4 Å². The van der Waals surface area contributed by atoms with Crippen molar-refractivity contribution in [1.29, 1.82) is 0 Å². The van der Waals surface area contributed by atoms with Gasteiger partial charge in [-0.25, -0.2) is 0 Å². The molecule has 4 nitrogen and oxygen atoms in total. The molecular weight excluding hydrogens is 389 g/mol. The van der Waals surface area contributed by atoms with Gasteiger partial charge < -0.3 is 15.4 Å². The number of nitrogens with zero attached hydrogens (tertiary/aromatic N) is 2. The first-order valence-corrected chi connectivity index (χ1v) is 7.98. The van der Waals surface area contributed by atoms with E-state index in [1.807, 2.05) is 0 Å². The van der Waals surface area contributed by atoms with Gasteiger partial charge in [-0.1, -0.05) is 43.2 Å². The maximum absolute atomic E-state index is 6.18. The number of rotatable bonds is 3. The zero-order chi connectivity index (χ0) is 14.5. The van der Waals surface area contributed by atoms with Gasteiger partial charge >= 0.3 is 0 Å². The minimum absolute atomic E-state index is 0. The molecule has 1 saturated carbocycles. The van der Waals surface area contributed by atoms with Gasteiger partial charge in [-0.3, -0.25) is 4.99 Å². The summed E-state index contributed by atoms with van der Waals surface area (Å²) in [5.74, 6) is 0.681. The highest BCUT2D eigenvalue weighted by molar-refractivity contribution is 14.0. The summed E-state index contributed by atoms with van der Waals surface area (Å²) < 4.78 is 5.36. The van der Waals surface area contributed by atoms with Crippen molar-refractivity contribution in [3.05, 3.63) is 35.9 Å². The minimum atomic E-state index is 0. The quantitative estimate of drug-likeness (QED) is 0.469. The molecule has 1 heterocycles. The van der Waals surface area contributed by atoms with Gasteiger partial charge in [0.25, 0.3) is 0 Å². The lowest BCUT2D eigenvalue weighted by atomic mass is 9.79. The third-order valence-corrected chi connectivity index (χ3v) is 4.83. The second-order valence-electron chi connectivity index (χ2n) is 6.13. The van der Waals surface area contributed by atoms with Crippen LogP contribution < -0.4 is 5.73 Å². The van der Waals surface area contributed by atoms with Gasteiger partial charge in [-0.05, 0) is 18.4 Å². The normalized spacial score (nSPS) is 21.5. The van der Waals surface area contributed by atoms with Gasteiger partial charge in [0.2, 0.25) is 0 Å². The molecule has 0 atom stereocenters. The fourth-order valence-electron chi connectivity index (χ4n) is 3.51. The predicted molar refractivity (Wildman–Crippen MR) is 101 cm³/mol. The Bertz CT molecular complexity index is 480. The standard InChI is InChI=1S/C17H25N3O.HI/c18-16(20-10-12-21-13-11-20)19-14-17(8-4-5-9-17)15-6-2-1-3-7-15;/h1-3,6-7H,4-5,8-14H2,(H2,18,19);1H. The first-order chi connectivity index (χ1) is 10.3. The Kier molecular flexibility index (Phi) is 6.50. The lowest BCUT2D eigenvalue weighted by molar-refractivity contribution is 0.0673. The Morgan fingerprint density at radius 2 is 1.77 bits per heavy atom. The highest BCUT2D eigenvalue weighted by Crippen LogP contribution is 2.41. The summed E-state index contributed by atoms with van der Waals surface area (Å²) in [5.41, 5.74) is 7.79. The third kappa shape index (κ3) is 3.93. The molecule has 0 bridgehead atoms. The summed E-state index contributed by atoms with van der Waals surface area (Å²) in [5, 5.41) is 0. The van der Waals surface area contributed by atoms with Gasteiger partial charge in [-0.2, -0.15) is 0 Å². The first-order valence-electron chi connectivity index (χ1n) is 7.98. The Morgan fingerprint density at radius 1 is 1.14 bits per heavy atom. The molecule has 0 aromatic heterocycles. The zero-order valence-corrected chi connectivity index (χ0v) is 15.4. The molecule has 0 amide bonds. The van der Waals surface area contributed by atoms with Crippen molar-refractivity contribution in [3.8, 4) is 0 Å². The second-order valence-corrected chi connectivity index (χ2v) is 6.13. The Labute approximate surface area is 150 Å². The van der Waals surface area contributed by atoms with Crippen LogP contribution in [0.5, 0.6) is 0 Å². The van der Waals surface area contributed by atoms with Gasteiger partial charge in [0.15, 0.2) is 5.96 Å². The molecule has 1 aliphatic carbocycles. The molecule has 1 aromatic rings. The Hall–Kier alpha value is -0.820. The van der Waals surface area contributed by atoms with E-state index in [9.17, 15) is 0 Å². The molecule has 3 rings (SSSR count). The number of hydrogen-bond donors (Lipinski definition) is 1. The molecule has 5 heteroatoms. The molecule has 0 radical (unpaired) electrons. The van der Waals surface area contributed by atoms with E-state index in [1.165, 1.54) is 31.2 Å². The summed E-state index contributed by atoms with van der Waals surface area (Å²) in [7, 11) is 0. The SMILES string of the molecule is I.NC(=NCC1(c2ccccc2)CCCC1)N1CCOCC1. The van der Waals surface area contributed by atoms with Crippen molar-refractivity contribution in [2.45, 2.75) is 31.1 Å². The number of guanidine groups is 1.